The third-order valence-electron chi connectivity index (χ3n) is 4.19. The van der Waals surface area contributed by atoms with E-state index < -0.39 is 0 Å². The van der Waals surface area contributed by atoms with Gasteiger partial charge in [-0.05, 0) is 44.7 Å². The van der Waals surface area contributed by atoms with Crippen LogP contribution in [-0.2, 0) is 12.0 Å². The Morgan fingerprint density at radius 2 is 2.28 bits per heavy atom. The number of rotatable bonds is 6. The molecule has 1 aromatic heterocycles. The lowest BCUT2D eigenvalue weighted by atomic mass is 9.84. The number of hydrogen-bond donors (Lipinski definition) is 1. The van der Waals surface area contributed by atoms with Crippen LogP contribution in [0.5, 0.6) is 0 Å². The Morgan fingerprint density at radius 3 is 3.00 bits per heavy atom. The molecule has 1 saturated carbocycles. The minimum absolute atomic E-state index is 0.317. The number of aromatic nitrogens is 2. The summed E-state index contributed by atoms with van der Waals surface area (Å²) < 4.78 is 2.21. The molecule has 0 aliphatic heterocycles. The highest BCUT2D eigenvalue weighted by Gasteiger charge is 2.38. The van der Waals surface area contributed by atoms with Crippen LogP contribution in [0.3, 0.4) is 0 Å². The fourth-order valence-electron chi connectivity index (χ4n) is 3.23. The Kier molecular flexibility index (Phi) is 4.44. The Balaban J connectivity index is 2.05. The zero-order valence-electron chi connectivity index (χ0n) is 12.1. The van der Waals surface area contributed by atoms with Crippen molar-refractivity contribution in [1.29, 1.82) is 0 Å². The van der Waals surface area contributed by atoms with Crippen molar-refractivity contribution in [3.05, 3.63) is 18.0 Å². The van der Waals surface area contributed by atoms with E-state index >= 15 is 0 Å². The lowest BCUT2D eigenvalue weighted by Gasteiger charge is -2.25. The summed E-state index contributed by atoms with van der Waals surface area (Å²) in [6.07, 6.45) is 8.17. The van der Waals surface area contributed by atoms with Gasteiger partial charge < -0.3 is 5.32 Å². The lowest BCUT2D eigenvalue weighted by molar-refractivity contribution is 0.409. The molecule has 0 amide bonds. The topological polar surface area (TPSA) is 29.9 Å². The van der Waals surface area contributed by atoms with Gasteiger partial charge in [0, 0.05) is 29.9 Å². The van der Waals surface area contributed by atoms with Gasteiger partial charge in [0.1, 0.15) is 0 Å². The van der Waals surface area contributed by atoms with E-state index in [1.54, 1.807) is 0 Å². The highest BCUT2D eigenvalue weighted by molar-refractivity contribution is 5.18. The molecule has 0 radical (unpaired) electrons. The van der Waals surface area contributed by atoms with Gasteiger partial charge in [-0.1, -0.05) is 20.8 Å². The van der Waals surface area contributed by atoms with Crippen molar-refractivity contribution in [1.82, 2.24) is 15.1 Å². The first-order valence-corrected chi connectivity index (χ1v) is 7.45. The summed E-state index contributed by atoms with van der Waals surface area (Å²) >= 11 is 0. The molecule has 0 aromatic carbocycles. The molecule has 18 heavy (non-hydrogen) atoms. The van der Waals surface area contributed by atoms with Crippen molar-refractivity contribution in [2.75, 3.05) is 6.54 Å². The Hall–Kier alpha value is -0.830. The van der Waals surface area contributed by atoms with Crippen LogP contribution in [0.25, 0.3) is 0 Å². The average Bonchev–Trinajstić information content (AvgIpc) is 2.95. The molecule has 2 atom stereocenters. The smallest absolute Gasteiger partial charge is 0.0492 e. The van der Waals surface area contributed by atoms with E-state index in [4.69, 9.17) is 0 Å². The Labute approximate surface area is 111 Å². The number of nitrogens with one attached hydrogen (secondary N) is 1. The quantitative estimate of drug-likeness (QED) is 0.839. The van der Waals surface area contributed by atoms with E-state index in [-0.39, 0.29) is 0 Å². The molecule has 2 rings (SSSR count). The molecule has 0 spiro atoms. The van der Waals surface area contributed by atoms with Crippen molar-refractivity contribution in [3.8, 4) is 0 Å². The van der Waals surface area contributed by atoms with Crippen LogP contribution in [0, 0.1) is 0 Å². The minimum Gasteiger partial charge on any atom is -0.314 e. The van der Waals surface area contributed by atoms with Crippen molar-refractivity contribution in [3.63, 3.8) is 0 Å². The van der Waals surface area contributed by atoms with Crippen LogP contribution in [0.15, 0.2) is 12.3 Å². The monoisotopic (exact) mass is 249 g/mol. The summed E-state index contributed by atoms with van der Waals surface area (Å²) in [6.45, 7) is 9.05. The summed E-state index contributed by atoms with van der Waals surface area (Å²) in [5.74, 6) is 0. The van der Waals surface area contributed by atoms with E-state index in [2.05, 4.69) is 41.9 Å². The van der Waals surface area contributed by atoms with Gasteiger partial charge in [-0.2, -0.15) is 5.10 Å². The maximum absolute atomic E-state index is 4.48. The third-order valence-corrected chi connectivity index (χ3v) is 4.19. The van der Waals surface area contributed by atoms with Crippen molar-refractivity contribution in [2.45, 2.75) is 70.9 Å². The molecule has 1 aromatic rings. The molecule has 1 aliphatic carbocycles. The maximum Gasteiger partial charge on any atom is 0.0492 e. The molecule has 1 heterocycles. The second-order valence-electron chi connectivity index (χ2n) is 5.89. The number of nitrogens with zero attached hydrogens (tertiary/aromatic N) is 2. The maximum atomic E-state index is 4.48. The molecule has 1 aliphatic rings. The second kappa shape index (κ2) is 5.87. The molecule has 3 heteroatoms. The van der Waals surface area contributed by atoms with Gasteiger partial charge in [0.05, 0.1) is 0 Å². The highest BCUT2D eigenvalue weighted by Crippen LogP contribution is 2.40. The largest absolute Gasteiger partial charge is 0.314 e. The first-order chi connectivity index (χ1) is 8.69. The first kappa shape index (κ1) is 13.6. The molecule has 2 unspecified atom stereocenters. The van der Waals surface area contributed by atoms with Crippen molar-refractivity contribution < 1.29 is 0 Å². The molecular formula is C15H27N3. The highest BCUT2D eigenvalue weighted by atomic mass is 15.3. The molecule has 102 valence electrons. The molecule has 0 saturated heterocycles. The van der Waals surface area contributed by atoms with Crippen LogP contribution in [-0.4, -0.2) is 22.4 Å². The fourth-order valence-corrected chi connectivity index (χ4v) is 3.23. The molecule has 3 nitrogen and oxygen atoms in total. The molecule has 1 fully saturated rings. The van der Waals surface area contributed by atoms with Crippen molar-refractivity contribution >= 4 is 0 Å². The van der Waals surface area contributed by atoms with Gasteiger partial charge in [-0.3, -0.25) is 4.68 Å². The second-order valence-corrected chi connectivity index (χ2v) is 5.89. The lowest BCUT2D eigenvalue weighted by Crippen LogP contribution is -2.30. The van der Waals surface area contributed by atoms with Gasteiger partial charge in [-0.25, -0.2) is 0 Å². The van der Waals surface area contributed by atoms with Crippen LogP contribution < -0.4 is 5.32 Å². The molecule has 1 N–H and O–H groups in total. The summed E-state index contributed by atoms with van der Waals surface area (Å²) in [4.78, 5) is 0. The Bertz CT molecular complexity index is 372. The number of aryl methyl sites for hydroxylation is 1. The van der Waals surface area contributed by atoms with Gasteiger partial charge >= 0.3 is 0 Å². The summed E-state index contributed by atoms with van der Waals surface area (Å²) in [5.41, 5.74) is 1.75. The SMILES string of the molecule is CCCNC1CCC(C)(c2ccnn2CCC)C1. The first-order valence-electron chi connectivity index (χ1n) is 7.45. The summed E-state index contributed by atoms with van der Waals surface area (Å²) in [5, 5.41) is 8.15. The average molecular weight is 249 g/mol. The minimum atomic E-state index is 0.317. The number of hydrogen-bond acceptors (Lipinski definition) is 2. The van der Waals surface area contributed by atoms with Crippen LogP contribution in [0.1, 0.15) is 58.6 Å². The van der Waals surface area contributed by atoms with Gasteiger partial charge in [-0.15, -0.1) is 0 Å². The van der Waals surface area contributed by atoms with E-state index in [9.17, 15) is 0 Å². The van der Waals surface area contributed by atoms with E-state index in [1.807, 2.05) is 6.20 Å². The van der Waals surface area contributed by atoms with E-state index in [0.29, 0.717) is 11.5 Å². The molecule has 0 bridgehead atoms. The molecular weight excluding hydrogens is 222 g/mol. The zero-order valence-corrected chi connectivity index (χ0v) is 12.1. The summed E-state index contributed by atoms with van der Waals surface area (Å²) in [7, 11) is 0. The van der Waals surface area contributed by atoms with Gasteiger partial charge in [0.2, 0.25) is 0 Å². The van der Waals surface area contributed by atoms with Gasteiger partial charge in [0.25, 0.3) is 0 Å². The predicted octanol–water partition coefficient (Wildman–Crippen LogP) is 3.10. The normalized spacial score (nSPS) is 27.8. The van der Waals surface area contributed by atoms with Crippen LogP contribution >= 0.6 is 0 Å². The predicted molar refractivity (Wildman–Crippen MR) is 75.8 cm³/mol. The summed E-state index contributed by atoms with van der Waals surface area (Å²) in [6, 6.07) is 2.91. The Morgan fingerprint density at radius 1 is 1.44 bits per heavy atom. The van der Waals surface area contributed by atoms with E-state index in [1.165, 1.54) is 31.4 Å². The van der Waals surface area contributed by atoms with Crippen LogP contribution in [0.4, 0.5) is 0 Å². The zero-order chi connectivity index (χ0) is 13.0. The van der Waals surface area contributed by atoms with Crippen molar-refractivity contribution in [2.24, 2.45) is 0 Å². The fraction of sp³-hybridized carbons (Fsp3) is 0.800. The standard InChI is InChI=1S/C15H27N3/c1-4-9-16-13-6-8-15(3,12-13)14-7-10-17-18(14)11-5-2/h7,10,13,16H,4-6,8-9,11-12H2,1-3H3. The third kappa shape index (κ3) is 2.77. The van der Waals surface area contributed by atoms with Crippen LogP contribution in [0.2, 0.25) is 0 Å². The van der Waals surface area contributed by atoms with E-state index in [0.717, 1.165) is 19.5 Å². The van der Waals surface area contributed by atoms with Gasteiger partial charge in [0.15, 0.2) is 0 Å².